The van der Waals surface area contributed by atoms with E-state index in [9.17, 15) is 0 Å². The molecular weight excluding hydrogens is 260 g/mol. The van der Waals surface area contributed by atoms with Gasteiger partial charge in [0.15, 0.2) is 0 Å². The van der Waals surface area contributed by atoms with Crippen molar-refractivity contribution in [3.63, 3.8) is 0 Å². The first-order valence-corrected chi connectivity index (χ1v) is 8.10. The molecule has 2 aliphatic rings. The molecule has 3 atom stereocenters. The second-order valence-electron chi connectivity index (χ2n) is 6.83. The van der Waals surface area contributed by atoms with Gasteiger partial charge in [-0.15, -0.1) is 0 Å². The van der Waals surface area contributed by atoms with Crippen LogP contribution >= 0.6 is 0 Å². The molecule has 1 aromatic rings. The van der Waals surface area contributed by atoms with E-state index in [2.05, 4.69) is 53.6 Å². The highest BCUT2D eigenvalue weighted by Crippen LogP contribution is 2.38. The summed E-state index contributed by atoms with van der Waals surface area (Å²) in [4.78, 5) is 4.91. The van der Waals surface area contributed by atoms with Crippen LogP contribution in [0.3, 0.4) is 0 Å². The zero-order valence-electron chi connectivity index (χ0n) is 13.3. The maximum Gasteiger partial charge on any atom is 0.0235 e. The SMILES string of the molecule is CN1CCN(C)C(CC(CC2Cc3ccccc32)NN)C1. The van der Waals surface area contributed by atoms with E-state index in [0.717, 1.165) is 25.9 Å². The smallest absolute Gasteiger partial charge is 0.0235 e. The molecule has 3 rings (SSSR count). The molecule has 4 nitrogen and oxygen atoms in total. The van der Waals surface area contributed by atoms with Gasteiger partial charge in [-0.05, 0) is 50.4 Å². The molecule has 0 spiro atoms. The Hall–Kier alpha value is -0.940. The minimum atomic E-state index is 0.405. The molecule has 116 valence electrons. The molecule has 3 N–H and O–H groups in total. The third kappa shape index (κ3) is 3.29. The van der Waals surface area contributed by atoms with Gasteiger partial charge in [0.25, 0.3) is 0 Å². The number of hydrogen-bond donors (Lipinski definition) is 2. The van der Waals surface area contributed by atoms with Crippen LogP contribution in [-0.4, -0.2) is 55.6 Å². The molecule has 0 bridgehead atoms. The van der Waals surface area contributed by atoms with E-state index in [-0.39, 0.29) is 0 Å². The average Bonchev–Trinajstić information content (AvgIpc) is 2.47. The Kier molecular flexibility index (Phi) is 4.60. The topological polar surface area (TPSA) is 44.5 Å². The monoisotopic (exact) mass is 288 g/mol. The molecule has 4 heteroatoms. The number of hydrogen-bond acceptors (Lipinski definition) is 4. The summed E-state index contributed by atoms with van der Waals surface area (Å²) in [6.45, 7) is 3.48. The number of nitrogens with two attached hydrogens (primary N) is 1. The summed E-state index contributed by atoms with van der Waals surface area (Å²) in [6.07, 6.45) is 3.51. The first-order valence-electron chi connectivity index (χ1n) is 8.10. The summed E-state index contributed by atoms with van der Waals surface area (Å²) >= 11 is 0. The molecule has 1 aromatic carbocycles. The zero-order valence-corrected chi connectivity index (χ0v) is 13.3. The Balaban J connectivity index is 1.56. The fourth-order valence-electron chi connectivity index (χ4n) is 3.83. The van der Waals surface area contributed by atoms with Gasteiger partial charge in [0.2, 0.25) is 0 Å². The lowest BCUT2D eigenvalue weighted by atomic mass is 9.74. The van der Waals surface area contributed by atoms with Crippen LogP contribution in [-0.2, 0) is 6.42 Å². The van der Waals surface area contributed by atoms with E-state index in [4.69, 9.17) is 5.84 Å². The van der Waals surface area contributed by atoms with Crippen LogP contribution in [0.2, 0.25) is 0 Å². The molecule has 1 aliphatic carbocycles. The number of piperazine rings is 1. The van der Waals surface area contributed by atoms with Crippen LogP contribution < -0.4 is 11.3 Å². The molecule has 0 saturated carbocycles. The maximum atomic E-state index is 5.83. The van der Waals surface area contributed by atoms with Gasteiger partial charge in [-0.1, -0.05) is 24.3 Å². The molecule has 0 radical (unpaired) electrons. The van der Waals surface area contributed by atoms with Crippen LogP contribution in [0, 0.1) is 0 Å². The van der Waals surface area contributed by atoms with Crippen molar-refractivity contribution < 1.29 is 0 Å². The Morgan fingerprint density at radius 2 is 2.05 bits per heavy atom. The molecule has 1 heterocycles. The zero-order chi connectivity index (χ0) is 14.8. The highest BCUT2D eigenvalue weighted by molar-refractivity contribution is 5.39. The van der Waals surface area contributed by atoms with Crippen molar-refractivity contribution in [2.75, 3.05) is 33.7 Å². The molecule has 1 aliphatic heterocycles. The number of nitrogens with zero attached hydrogens (tertiary/aromatic N) is 2. The fraction of sp³-hybridized carbons (Fsp3) is 0.647. The Morgan fingerprint density at radius 1 is 1.24 bits per heavy atom. The van der Waals surface area contributed by atoms with E-state index in [0.29, 0.717) is 18.0 Å². The summed E-state index contributed by atoms with van der Waals surface area (Å²) in [5.74, 6) is 6.52. The third-order valence-electron chi connectivity index (χ3n) is 5.30. The van der Waals surface area contributed by atoms with Gasteiger partial charge in [0.1, 0.15) is 0 Å². The Morgan fingerprint density at radius 3 is 2.81 bits per heavy atom. The van der Waals surface area contributed by atoms with Crippen LogP contribution in [0.1, 0.15) is 29.9 Å². The largest absolute Gasteiger partial charge is 0.304 e. The lowest BCUT2D eigenvalue weighted by Crippen LogP contribution is -2.53. The molecule has 3 unspecified atom stereocenters. The predicted octanol–water partition coefficient (Wildman–Crippen LogP) is 1.18. The van der Waals surface area contributed by atoms with Crippen LogP contribution in [0.15, 0.2) is 24.3 Å². The number of rotatable bonds is 5. The first kappa shape index (κ1) is 15.0. The minimum absolute atomic E-state index is 0.405. The van der Waals surface area contributed by atoms with E-state index in [1.54, 1.807) is 0 Å². The van der Waals surface area contributed by atoms with Crippen molar-refractivity contribution in [1.29, 1.82) is 0 Å². The summed E-state index contributed by atoms with van der Waals surface area (Å²) in [5, 5.41) is 0. The molecule has 0 aromatic heterocycles. The number of likely N-dealkylation sites (N-methyl/N-ethyl adjacent to an activating group) is 2. The highest BCUT2D eigenvalue weighted by atomic mass is 15.3. The lowest BCUT2D eigenvalue weighted by Gasteiger charge is -2.40. The van der Waals surface area contributed by atoms with Gasteiger partial charge in [0, 0.05) is 31.7 Å². The van der Waals surface area contributed by atoms with E-state index < -0.39 is 0 Å². The number of fused-ring (bicyclic) bond motifs is 1. The summed E-state index contributed by atoms with van der Waals surface area (Å²) in [7, 11) is 4.46. The summed E-state index contributed by atoms with van der Waals surface area (Å²) in [5.41, 5.74) is 6.12. The van der Waals surface area contributed by atoms with Gasteiger partial charge in [0.05, 0.1) is 0 Å². The van der Waals surface area contributed by atoms with Gasteiger partial charge in [-0.25, -0.2) is 0 Å². The van der Waals surface area contributed by atoms with Crippen molar-refractivity contribution in [1.82, 2.24) is 15.2 Å². The molecule has 1 saturated heterocycles. The van der Waals surface area contributed by atoms with Crippen molar-refractivity contribution >= 4 is 0 Å². The standard InChI is InChI=1S/C17H28N4/c1-20-7-8-21(2)16(12-20)11-15(19-18)10-14-9-13-5-3-4-6-17(13)14/h3-6,14-16,19H,7-12,18H2,1-2H3. The second kappa shape index (κ2) is 6.44. The molecular formula is C17H28N4. The van der Waals surface area contributed by atoms with Crippen molar-refractivity contribution in [2.24, 2.45) is 5.84 Å². The maximum absolute atomic E-state index is 5.83. The normalized spacial score (nSPS) is 28.0. The molecule has 0 amide bonds. The molecule has 21 heavy (non-hydrogen) atoms. The number of hydrazine groups is 1. The highest BCUT2D eigenvalue weighted by Gasteiger charge is 2.30. The summed E-state index contributed by atoms with van der Waals surface area (Å²) in [6, 6.07) is 9.83. The van der Waals surface area contributed by atoms with Gasteiger partial charge in [-0.2, -0.15) is 0 Å². The minimum Gasteiger partial charge on any atom is -0.304 e. The Labute approximate surface area is 128 Å². The predicted molar refractivity (Wildman–Crippen MR) is 87.1 cm³/mol. The van der Waals surface area contributed by atoms with Crippen molar-refractivity contribution in [3.8, 4) is 0 Å². The Bertz CT molecular complexity index is 476. The van der Waals surface area contributed by atoms with Crippen molar-refractivity contribution in [2.45, 2.75) is 37.3 Å². The second-order valence-corrected chi connectivity index (χ2v) is 6.83. The van der Waals surface area contributed by atoms with Gasteiger partial charge >= 0.3 is 0 Å². The lowest BCUT2D eigenvalue weighted by molar-refractivity contribution is 0.0990. The van der Waals surface area contributed by atoms with Crippen LogP contribution in [0.4, 0.5) is 0 Å². The van der Waals surface area contributed by atoms with Crippen molar-refractivity contribution in [3.05, 3.63) is 35.4 Å². The first-order chi connectivity index (χ1) is 10.2. The van der Waals surface area contributed by atoms with Gasteiger partial charge < -0.3 is 9.80 Å². The van der Waals surface area contributed by atoms with Crippen LogP contribution in [0.25, 0.3) is 0 Å². The third-order valence-corrected chi connectivity index (χ3v) is 5.30. The molecule has 1 fully saturated rings. The van der Waals surface area contributed by atoms with Gasteiger partial charge in [-0.3, -0.25) is 11.3 Å². The summed E-state index contributed by atoms with van der Waals surface area (Å²) < 4.78 is 0. The quantitative estimate of drug-likeness (QED) is 0.631. The number of nitrogens with one attached hydrogen (secondary N) is 1. The van der Waals surface area contributed by atoms with Crippen LogP contribution in [0.5, 0.6) is 0 Å². The van der Waals surface area contributed by atoms with E-state index in [1.807, 2.05) is 0 Å². The van der Waals surface area contributed by atoms with E-state index >= 15 is 0 Å². The number of benzene rings is 1. The van der Waals surface area contributed by atoms with E-state index in [1.165, 1.54) is 24.1 Å². The fourth-order valence-corrected chi connectivity index (χ4v) is 3.83. The average molecular weight is 288 g/mol.